The largest absolute Gasteiger partial charge is 0.490 e. The molecule has 2 atom stereocenters. The first kappa shape index (κ1) is 21.2. The average Bonchev–Trinajstić information content (AvgIpc) is 2.67. The number of quaternary nitrogens is 1. The molecule has 2 aromatic rings. The van der Waals surface area contributed by atoms with E-state index in [1.165, 1.54) is 0 Å². The van der Waals surface area contributed by atoms with Crippen molar-refractivity contribution in [2.75, 3.05) is 13.2 Å². The minimum atomic E-state index is -0.869. The quantitative estimate of drug-likeness (QED) is 0.613. The van der Waals surface area contributed by atoms with E-state index in [-0.39, 0.29) is 6.04 Å². The molecule has 0 bridgehead atoms. The maximum absolute atomic E-state index is 12.5. The molecule has 0 saturated carbocycles. The van der Waals surface area contributed by atoms with Gasteiger partial charge >= 0.3 is 6.03 Å². The number of benzene rings is 2. The van der Waals surface area contributed by atoms with Gasteiger partial charge in [0, 0.05) is 11.1 Å². The summed E-state index contributed by atoms with van der Waals surface area (Å²) in [5.41, 5.74) is 6.89. The zero-order chi connectivity index (χ0) is 20.5. The van der Waals surface area contributed by atoms with Gasteiger partial charge in [-0.25, -0.2) is 4.79 Å². The smallest absolute Gasteiger partial charge is 0.319 e. The summed E-state index contributed by atoms with van der Waals surface area (Å²) in [6.07, 6.45) is 0. The summed E-state index contributed by atoms with van der Waals surface area (Å²) >= 11 is 0. The molecule has 0 unspecified atom stereocenters. The van der Waals surface area contributed by atoms with Crippen LogP contribution in [-0.4, -0.2) is 25.2 Å². The van der Waals surface area contributed by atoms with Gasteiger partial charge in [-0.15, -0.1) is 0 Å². The summed E-state index contributed by atoms with van der Waals surface area (Å²) in [5.74, 6) is 0.896. The molecule has 0 radical (unpaired) electrons. The lowest BCUT2D eigenvalue weighted by Gasteiger charge is -2.21. The van der Waals surface area contributed by atoms with Gasteiger partial charge in [0.15, 0.2) is 17.5 Å². The molecule has 7 heteroatoms. The van der Waals surface area contributed by atoms with E-state index in [0.717, 1.165) is 11.1 Å². The molecule has 150 valence electrons. The van der Waals surface area contributed by atoms with Gasteiger partial charge in [0.05, 0.1) is 13.2 Å². The lowest BCUT2D eigenvalue weighted by Crippen LogP contribution is -2.88. The van der Waals surface area contributed by atoms with Crippen LogP contribution in [-0.2, 0) is 4.79 Å². The molecule has 5 N–H and O–H groups in total. The van der Waals surface area contributed by atoms with Gasteiger partial charge in [-0.05, 0) is 39.0 Å². The van der Waals surface area contributed by atoms with Crippen molar-refractivity contribution in [3.63, 3.8) is 0 Å². The Bertz CT molecular complexity index is 795. The molecule has 2 rings (SSSR count). The Morgan fingerprint density at radius 1 is 1.00 bits per heavy atom. The number of hydrogen-bond donors (Lipinski definition) is 3. The number of nitrogens with one attached hydrogen (secondary N) is 1. The van der Waals surface area contributed by atoms with Crippen molar-refractivity contribution < 1.29 is 24.4 Å². The summed E-state index contributed by atoms with van der Waals surface area (Å²) < 4.78 is 11.3. The first-order chi connectivity index (χ1) is 13.5. The highest BCUT2D eigenvalue weighted by molar-refractivity contribution is 5.96. The van der Waals surface area contributed by atoms with E-state index in [1.54, 1.807) is 0 Å². The third kappa shape index (κ3) is 5.72. The van der Waals surface area contributed by atoms with Crippen molar-refractivity contribution in [2.24, 2.45) is 5.73 Å². The van der Waals surface area contributed by atoms with E-state index >= 15 is 0 Å². The monoisotopic (exact) mass is 386 g/mol. The van der Waals surface area contributed by atoms with Crippen molar-refractivity contribution in [2.45, 2.75) is 32.9 Å². The summed E-state index contributed by atoms with van der Waals surface area (Å²) in [6, 6.07) is 13.4. The second-order valence-electron chi connectivity index (χ2n) is 6.30. The molecule has 0 heterocycles. The zero-order valence-corrected chi connectivity index (χ0v) is 16.5. The van der Waals surface area contributed by atoms with E-state index in [1.807, 2.05) is 74.6 Å². The molecule has 3 amide bonds. The number of primary amides is 1. The number of urea groups is 1. The van der Waals surface area contributed by atoms with Crippen molar-refractivity contribution in [3.05, 3.63) is 59.7 Å². The van der Waals surface area contributed by atoms with Crippen LogP contribution in [0, 0.1) is 0 Å². The van der Waals surface area contributed by atoms with Crippen LogP contribution < -0.4 is 25.8 Å². The number of amides is 3. The van der Waals surface area contributed by atoms with Gasteiger partial charge in [-0.1, -0.05) is 30.3 Å². The minimum Gasteiger partial charge on any atom is -0.490 e. The maximum atomic E-state index is 12.5. The Kier molecular flexibility index (Phi) is 7.83. The molecular weight excluding hydrogens is 358 g/mol. The molecular formula is C21H28N3O4+. The normalized spacial score (nSPS) is 12.7. The van der Waals surface area contributed by atoms with Crippen LogP contribution in [0.25, 0.3) is 0 Å². The zero-order valence-electron chi connectivity index (χ0n) is 16.5. The lowest BCUT2D eigenvalue weighted by atomic mass is 10.0. The molecule has 0 saturated heterocycles. The molecule has 7 nitrogen and oxygen atoms in total. The lowest BCUT2D eigenvalue weighted by molar-refractivity contribution is -0.719. The van der Waals surface area contributed by atoms with E-state index in [4.69, 9.17) is 15.2 Å². The first-order valence-corrected chi connectivity index (χ1v) is 9.36. The molecule has 0 aliphatic carbocycles. The predicted molar refractivity (Wildman–Crippen MR) is 106 cm³/mol. The van der Waals surface area contributed by atoms with Crippen LogP contribution in [0.5, 0.6) is 11.5 Å². The highest BCUT2D eigenvalue weighted by Crippen LogP contribution is 2.30. The van der Waals surface area contributed by atoms with Crippen LogP contribution in [0.15, 0.2) is 48.5 Å². The molecule has 0 aliphatic rings. The second kappa shape index (κ2) is 10.3. The van der Waals surface area contributed by atoms with E-state index in [9.17, 15) is 9.59 Å². The molecule has 0 spiro atoms. The number of hydrogen-bond acceptors (Lipinski definition) is 4. The van der Waals surface area contributed by atoms with Gasteiger partial charge in [0.1, 0.15) is 6.04 Å². The average molecular weight is 386 g/mol. The Hall–Kier alpha value is -3.06. The minimum absolute atomic E-state index is 0.0845. The van der Waals surface area contributed by atoms with Gasteiger partial charge in [0.25, 0.3) is 5.91 Å². The van der Waals surface area contributed by atoms with Crippen molar-refractivity contribution in [1.82, 2.24) is 5.32 Å². The molecule has 0 aliphatic heterocycles. The topological polar surface area (TPSA) is 107 Å². The fraction of sp³-hybridized carbons (Fsp3) is 0.333. The number of nitrogens with two attached hydrogens (primary N) is 2. The maximum Gasteiger partial charge on any atom is 0.319 e. The van der Waals surface area contributed by atoms with Crippen LogP contribution >= 0.6 is 0 Å². The third-order valence-corrected chi connectivity index (χ3v) is 4.26. The van der Waals surface area contributed by atoms with Crippen LogP contribution in [0.4, 0.5) is 4.79 Å². The number of rotatable bonds is 9. The number of imide groups is 1. The number of carbonyl (C=O) groups is 2. The van der Waals surface area contributed by atoms with E-state index in [0.29, 0.717) is 24.7 Å². The second-order valence-corrected chi connectivity index (χ2v) is 6.30. The summed E-state index contributed by atoms with van der Waals surface area (Å²) in [7, 11) is 0. The van der Waals surface area contributed by atoms with Crippen molar-refractivity contribution >= 4 is 11.9 Å². The SMILES string of the molecule is CCOc1ccc([C@H](C)[NH2+][C@H](C(=O)NC(N)=O)c2ccccc2)cc1OCC. The first-order valence-electron chi connectivity index (χ1n) is 9.36. The standard InChI is InChI=1S/C21H27N3O4/c1-4-27-17-12-11-16(13-18(17)28-5-2)14(3)23-19(20(25)24-21(22)26)15-9-7-6-8-10-15/h6-14,19,23H,4-5H2,1-3H3,(H3,22,24,25,26)/p+1/t14-,19-/m0/s1. The Morgan fingerprint density at radius 3 is 2.25 bits per heavy atom. The van der Waals surface area contributed by atoms with Crippen LogP contribution in [0.3, 0.4) is 0 Å². The summed E-state index contributed by atoms with van der Waals surface area (Å²) in [4.78, 5) is 23.7. The van der Waals surface area contributed by atoms with Crippen molar-refractivity contribution in [3.8, 4) is 11.5 Å². The number of carbonyl (C=O) groups excluding carboxylic acids is 2. The van der Waals surface area contributed by atoms with Crippen LogP contribution in [0.2, 0.25) is 0 Å². The molecule has 2 aromatic carbocycles. The van der Waals surface area contributed by atoms with Crippen LogP contribution in [0.1, 0.15) is 44.0 Å². The highest BCUT2D eigenvalue weighted by atomic mass is 16.5. The predicted octanol–water partition coefficient (Wildman–Crippen LogP) is 2.04. The Morgan fingerprint density at radius 2 is 1.64 bits per heavy atom. The molecule has 0 aromatic heterocycles. The van der Waals surface area contributed by atoms with Gasteiger partial charge in [-0.3, -0.25) is 10.1 Å². The Labute approximate surface area is 165 Å². The fourth-order valence-electron chi connectivity index (χ4n) is 2.96. The van der Waals surface area contributed by atoms with Gasteiger partial charge in [0.2, 0.25) is 0 Å². The Balaban J connectivity index is 2.27. The highest BCUT2D eigenvalue weighted by Gasteiger charge is 2.28. The van der Waals surface area contributed by atoms with E-state index < -0.39 is 18.0 Å². The summed E-state index contributed by atoms with van der Waals surface area (Å²) in [6.45, 7) is 6.89. The number of ether oxygens (including phenoxy) is 2. The van der Waals surface area contributed by atoms with Gasteiger partial charge in [-0.2, -0.15) is 0 Å². The molecule has 0 fully saturated rings. The third-order valence-electron chi connectivity index (χ3n) is 4.26. The molecule has 28 heavy (non-hydrogen) atoms. The fourth-order valence-corrected chi connectivity index (χ4v) is 2.96. The van der Waals surface area contributed by atoms with E-state index in [2.05, 4.69) is 5.32 Å². The van der Waals surface area contributed by atoms with Gasteiger partial charge < -0.3 is 20.5 Å². The van der Waals surface area contributed by atoms with Crippen molar-refractivity contribution in [1.29, 1.82) is 0 Å². The summed E-state index contributed by atoms with van der Waals surface area (Å²) in [5, 5.41) is 4.07.